The Hall–Kier alpha value is -1.13. The van der Waals surface area contributed by atoms with Gasteiger partial charge in [0.1, 0.15) is 5.75 Å². The second kappa shape index (κ2) is 4.59. The van der Waals surface area contributed by atoms with E-state index in [4.69, 9.17) is 9.47 Å². The Labute approximate surface area is 96.2 Å². The highest BCUT2D eigenvalue weighted by molar-refractivity contribution is 9.10. The molecule has 2 aromatic rings. The molecule has 0 unspecified atom stereocenters. The van der Waals surface area contributed by atoms with Crippen molar-refractivity contribution in [3.8, 4) is 5.75 Å². The highest BCUT2D eigenvalue weighted by Crippen LogP contribution is 2.27. The summed E-state index contributed by atoms with van der Waals surface area (Å²) in [4.78, 5) is 4.27. The first-order valence-corrected chi connectivity index (χ1v) is 5.26. The summed E-state index contributed by atoms with van der Waals surface area (Å²) in [5.74, 6) is 0.768. The molecular weight excluding hydrogens is 258 g/mol. The van der Waals surface area contributed by atoms with Crippen LogP contribution in [0.2, 0.25) is 0 Å². The molecule has 0 aliphatic heterocycles. The van der Waals surface area contributed by atoms with Gasteiger partial charge in [0, 0.05) is 23.2 Å². The van der Waals surface area contributed by atoms with Crippen LogP contribution in [0.4, 0.5) is 0 Å². The van der Waals surface area contributed by atoms with Crippen LogP contribution in [0.5, 0.6) is 5.75 Å². The van der Waals surface area contributed by atoms with Crippen molar-refractivity contribution >= 4 is 26.8 Å². The summed E-state index contributed by atoms with van der Waals surface area (Å²) in [7, 11) is 1.59. The fraction of sp³-hybridized carbons (Fsp3) is 0.182. The summed E-state index contributed by atoms with van der Waals surface area (Å²) in [5, 5.41) is 1.04. The molecule has 0 amide bonds. The molecule has 0 spiro atoms. The maximum Gasteiger partial charge on any atom is 0.188 e. The molecule has 1 aromatic heterocycles. The summed E-state index contributed by atoms with van der Waals surface area (Å²) in [6.45, 7) is 0.248. The van der Waals surface area contributed by atoms with E-state index in [9.17, 15) is 0 Å². The minimum absolute atomic E-state index is 0.248. The second-order valence-electron chi connectivity index (χ2n) is 3.03. The smallest absolute Gasteiger partial charge is 0.188 e. The number of ether oxygens (including phenoxy) is 2. The molecule has 0 aliphatic carbocycles. The number of benzene rings is 1. The van der Waals surface area contributed by atoms with Crippen LogP contribution in [0.1, 0.15) is 0 Å². The van der Waals surface area contributed by atoms with E-state index in [0.29, 0.717) is 0 Å². The van der Waals surface area contributed by atoms with E-state index in [-0.39, 0.29) is 6.79 Å². The number of methoxy groups -OCH3 is 1. The normalized spacial score (nSPS) is 10.5. The molecule has 2 rings (SSSR count). The van der Waals surface area contributed by atoms with E-state index in [2.05, 4.69) is 20.9 Å². The van der Waals surface area contributed by atoms with Crippen molar-refractivity contribution in [3.05, 3.63) is 34.9 Å². The van der Waals surface area contributed by atoms with Gasteiger partial charge in [0.2, 0.25) is 0 Å². The fourth-order valence-corrected chi connectivity index (χ4v) is 1.89. The zero-order chi connectivity index (χ0) is 10.7. The number of hydrogen-bond donors (Lipinski definition) is 0. The Kier molecular flexibility index (Phi) is 3.18. The standard InChI is InChI=1S/C11H10BrNO2/c1-14-7-15-9-5-8-3-2-4-13-11(8)10(12)6-9/h2-6H,7H2,1H3. The van der Waals surface area contributed by atoms with Crippen molar-refractivity contribution in [2.75, 3.05) is 13.9 Å². The molecule has 0 fully saturated rings. The predicted molar refractivity (Wildman–Crippen MR) is 61.9 cm³/mol. The molecule has 0 bridgehead atoms. The summed E-state index contributed by atoms with van der Waals surface area (Å²) in [5.41, 5.74) is 0.933. The first-order chi connectivity index (χ1) is 7.31. The van der Waals surface area contributed by atoms with E-state index in [1.165, 1.54) is 0 Å². The van der Waals surface area contributed by atoms with Crippen LogP contribution >= 0.6 is 15.9 Å². The zero-order valence-electron chi connectivity index (χ0n) is 8.24. The average Bonchev–Trinajstić information content (AvgIpc) is 2.26. The molecule has 1 heterocycles. The molecule has 0 atom stereocenters. The van der Waals surface area contributed by atoms with Crippen molar-refractivity contribution in [2.24, 2.45) is 0 Å². The third kappa shape index (κ3) is 2.27. The molecule has 1 aromatic carbocycles. The van der Waals surface area contributed by atoms with Crippen LogP contribution in [0.25, 0.3) is 10.9 Å². The van der Waals surface area contributed by atoms with Gasteiger partial charge in [-0.3, -0.25) is 4.98 Å². The molecule has 0 N–H and O–H groups in total. The monoisotopic (exact) mass is 267 g/mol. The molecule has 0 saturated heterocycles. The minimum atomic E-state index is 0.248. The van der Waals surface area contributed by atoms with Gasteiger partial charge in [-0.25, -0.2) is 0 Å². The average molecular weight is 268 g/mol. The van der Waals surface area contributed by atoms with E-state index < -0.39 is 0 Å². The summed E-state index contributed by atoms with van der Waals surface area (Å²) >= 11 is 3.46. The van der Waals surface area contributed by atoms with Gasteiger partial charge in [-0.2, -0.15) is 0 Å². The van der Waals surface area contributed by atoms with Gasteiger partial charge in [0.25, 0.3) is 0 Å². The SMILES string of the molecule is COCOc1cc(Br)c2ncccc2c1. The molecule has 78 valence electrons. The molecule has 15 heavy (non-hydrogen) atoms. The van der Waals surface area contributed by atoms with Gasteiger partial charge < -0.3 is 9.47 Å². The van der Waals surface area contributed by atoms with E-state index in [1.54, 1.807) is 13.3 Å². The van der Waals surface area contributed by atoms with Crippen LogP contribution in [0.15, 0.2) is 34.9 Å². The number of fused-ring (bicyclic) bond motifs is 1. The van der Waals surface area contributed by atoms with Crippen molar-refractivity contribution < 1.29 is 9.47 Å². The highest BCUT2D eigenvalue weighted by Gasteiger charge is 2.03. The summed E-state index contributed by atoms with van der Waals surface area (Å²) < 4.78 is 11.1. The Morgan fingerprint density at radius 3 is 3.07 bits per heavy atom. The number of hydrogen-bond acceptors (Lipinski definition) is 3. The first-order valence-electron chi connectivity index (χ1n) is 4.47. The highest BCUT2D eigenvalue weighted by atomic mass is 79.9. The van der Waals surface area contributed by atoms with Crippen LogP contribution < -0.4 is 4.74 Å². The zero-order valence-corrected chi connectivity index (χ0v) is 9.82. The lowest BCUT2D eigenvalue weighted by atomic mass is 10.2. The maximum atomic E-state index is 5.36. The molecular formula is C11H10BrNO2. The van der Waals surface area contributed by atoms with Crippen molar-refractivity contribution in [1.29, 1.82) is 0 Å². The third-order valence-corrected chi connectivity index (χ3v) is 2.58. The number of pyridine rings is 1. The first kappa shape index (κ1) is 10.4. The number of rotatable bonds is 3. The number of halogens is 1. The molecule has 0 aliphatic rings. The number of nitrogens with zero attached hydrogens (tertiary/aromatic N) is 1. The fourth-order valence-electron chi connectivity index (χ4n) is 1.33. The third-order valence-electron chi connectivity index (χ3n) is 1.98. The Bertz CT molecular complexity index is 473. The predicted octanol–water partition coefficient (Wildman–Crippen LogP) is 2.98. The van der Waals surface area contributed by atoms with Crippen molar-refractivity contribution in [1.82, 2.24) is 4.98 Å². The lowest BCUT2D eigenvalue weighted by Gasteiger charge is -2.06. The Morgan fingerprint density at radius 2 is 2.27 bits per heavy atom. The number of aromatic nitrogens is 1. The minimum Gasteiger partial charge on any atom is -0.468 e. The van der Waals surface area contributed by atoms with Crippen LogP contribution in [0, 0.1) is 0 Å². The molecule has 4 heteroatoms. The largest absolute Gasteiger partial charge is 0.468 e. The van der Waals surface area contributed by atoms with Gasteiger partial charge in [-0.1, -0.05) is 6.07 Å². The maximum absolute atomic E-state index is 5.36. The Balaban J connectivity index is 2.43. The Morgan fingerprint density at radius 1 is 1.40 bits per heavy atom. The van der Waals surface area contributed by atoms with Gasteiger partial charge >= 0.3 is 0 Å². The molecule has 0 radical (unpaired) electrons. The van der Waals surface area contributed by atoms with Gasteiger partial charge in [-0.15, -0.1) is 0 Å². The quantitative estimate of drug-likeness (QED) is 0.802. The lowest BCUT2D eigenvalue weighted by Crippen LogP contribution is -1.98. The van der Waals surface area contributed by atoms with Crippen molar-refractivity contribution in [3.63, 3.8) is 0 Å². The van der Waals surface area contributed by atoms with Gasteiger partial charge in [0.05, 0.1) is 5.52 Å². The van der Waals surface area contributed by atoms with E-state index >= 15 is 0 Å². The van der Waals surface area contributed by atoms with Gasteiger partial charge in [-0.05, 0) is 34.1 Å². The molecule has 3 nitrogen and oxygen atoms in total. The summed E-state index contributed by atoms with van der Waals surface area (Å²) in [6.07, 6.45) is 1.77. The van der Waals surface area contributed by atoms with Crippen LogP contribution in [-0.4, -0.2) is 18.9 Å². The lowest BCUT2D eigenvalue weighted by molar-refractivity contribution is 0.0512. The topological polar surface area (TPSA) is 31.4 Å². The van der Waals surface area contributed by atoms with Crippen molar-refractivity contribution in [2.45, 2.75) is 0 Å². The van der Waals surface area contributed by atoms with Gasteiger partial charge in [0.15, 0.2) is 6.79 Å². The van der Waals surface area contributed by atoms with Crippen LogP contribution in [0.3, 0.4) is 0 Å². The summed E-state index contributed by atoms with van der Waals surface area (Å²) in [6, 6.07) is 7.71. The second-order valence-corrected chi connectivity index (χ2v) is 3.89. The molecule has 0 saturated carbocycles. The van der Waals surface area contributed by atoms with E-state index in [0.717, 1.165) is 21.1 Å². The van der Waals surface area contributed by atoms with Crippen LogP contribution in [-0.2, 0) is 4.74 Å². The van der Waals surface area contributed by atoms with E-state index in [1.807, 2.05) is 24.3 Å².